The van der Waals surface area contributed by atoms with Gasteiger partial charge in [-0.1, -0.05) is 27.7 Å². The lowest BCUT2D eigenvalue weighted by atomic mass is 10.1. The Kier molecular flexibility index (Phi) is 4.18. The summed E-state index contributed by atoms with van der Waals surface area (Å²) in [7, 11) is 0. The van der Waals surface area contributed by atoms with Crippen LogP contribution in [0.4, 0.5) is 5.69 Å². The fourth-order valence-electron chi connectivity index (χ4n) is 2.08. The summed E-state index contributed by atoms with van der Waals surface area (Å²) in [5.74, 6) is 0. The van der Waals surface area contributed by atoms with Gasteiger partial charge in [0.25, 0.3) is 0 Å². The minimum Gasteiger partial charge on any atom is -0.396 e. The van der Waals surface area contributed by atoms with Crippen LogP contribution in [-0.2, 0) is 12.8 Å². The highest BCUT2D eigenvalue weighted by Gasteiger charge is 2.17. The Hall–Kier alpha value is -0.990. The van der Waals surface area contributed by atoms with Gasteiger partial charge in [-0.25, -0.2) is 0 Å². The smallest absolute Gasteiger partial charge is 0.0854 e. The van der Waals surface area contributed by atoms with E-state index in [9.17, 15) is 0 Å². The number of anilines is 1. The summed E-state index contributed by atoms with van der Waals surface area (Å²) in [6, 6.07) is 0.502. The summed E-state index contributed by atoms with van der Waals surface area (Å²) in [6.07, 6.45) is 4.13. The summed E-state index contributed by atoms with van der Waals surface area (Å²) >= 11 is 0. The number of nitrogen functional groups attached to an aromatic ring is 1. The fourth-order valence-corrected chi connectivity index (χ4v) is 2.08. The van der Waals surface area contributed by atoms with Crippen LogP contribution in [0.5, 0.6) is 0 Å². The van der Waals surface area contributed by atoms with Crippen LogP contribution in [0.3, 0.4) is 0 Å². The van der Waals surface area contributed by atoms with Gasteiger partial charge in [0.1, 0.15) is 0 Å². The summed E-state index contributed by atoms with van der Waals surface area (Å²) in [5.41, 5.74) is 9.26. The van der Waals surface area contributed by atoms with Crippen molar-refractivity contribution in [2.45, 2.75) is 59.4 Å². The highest BCUT2D eigenvalue weighted by molar-refractivity contribution is 5.48. The lowest BCUT2D eigenvalue weighted by Gasteiger charge is -2.16. The van der Waals surface area contributed by atoms with Crippen LogP contribution in [-0.4, -0.2) is 9.78 Å². The van der Waals surface area contributed by atoms with Crippen molar-refractivity contribution in [1.82, 2.24) is 9.78 Å². The number of aromatic nitrogens is 2. The van der Waals surface area contributed by atoms with Gasteiger partial charge >= 0.3 is 0 Å². The lowest BCUT2D eigenvalue weighted by Crippen LogP contribution is -2.12. The SMILES string of the molecule is CCc1nn(C(CC)CC)c(CC)c1N. The largest absolute Gasteiger partial charge is 0.396 e. The Morgan fingerprint density at radius 2 is 1.73 bits per heavy atom. The molecule has 3 heteroatoms. The average molecular weight is 209 g/mol. The molecule has 3 nitrogen and oxygen atoms in total. The standard InChI is InChI=1S/C12H23N3/c1-5-9(6-2)15-11(8-4)12(13)10(7-3)14-15/h9H,5-8,13H2,1-4H3. The zero-order valence-corrected chi connectivity index (χ0v) is 10.4. The van der Waals surface area contributed by atoms with Crippen LogP contribution in [0.1, 0.15) is 58.0 Å². The third kappa shape index (κ3) is 2.16. The molecule has 0 saturated heterocycles. The first-order valence-corrected chi connectivity index (χ1v) is 6.05. The van der Waals surface area contributed by atoms with E-state index in [0.717, 1.165) is 37.1 Å². The maximum atomic E-state index is 6.09. The highest BCUT2D eigenvalue weighted by atomic mass is 15.3. The van der Waals surface area contributed by atoms with Crippen molar-refractivity contribution in [1.29, 1.82) is 0 Å². The molecule has 2 N–H and O–H groups in total. The molecular formula is C12H23N3. The third-order valence-corrected chi connectivity index (χ3v) is 3.08. The molecule has 1 heterocycles. The molecule has 0 aliphatic heterocycles. The quantitative estimate of drug-likeness (QED) is 0.810. The van der Waals surface area contributed by atoms with Crippen LogP contribution in [0, 0.1) is 0 Å². The molecule has 0 atom stereocenters. The van der Waals surface area contributed by atoms with E-state index in [1.54, 1.807) is 0 Å². The number of hydrogen-bond donors (Lipinski definition) is 1. The molecule has 0 bridgehead atoms. The van der Waals surface area contributed by atoms with Crippen molar-refractivity contribution in [3.05, 3.63) is 11.4 Å². The average Bonchev–Trinajstić information content (AvgIpc) is 2.57. The molecule has 15 heavy (non-hydrogen) atoms. The van der Waals surface area contributed by atoms with E-state index in [1.807, 2.05) is 0 Å². The van der Waals surface area contributed by atoms with E-state index in [4.69, 9.17) is 5.73 Å². The zero-order valence-electron chi connectivity index (χ0n) is 10.4. The summed E-state index contributed by atoms with van der Waals surface area (Å²) in [5, 5.41) is 4.63. The van der Waals surface area contributed by atoms with Gasteiger partial charge in [-0.2, -0.15) is 5.10 Å². The third-order valence-electron chi connectivity index (χ3n) is 3.08. The van der Waals surface area contributed by atoms with Crippen LogP contribution in [0.25, 0.3) is 0 Å². The molecule has 86 valence electrons. The molecule has 0 fully saturated rings. The van der Waals surface area contributed by atoms with Gasteiger partial charge in [-0.15, -0.1) is 0 Å². The van der Waals surface area contributed by atoms with E-state index in [1.165, 1.54) is 5.69 Å². The second-order valence-electron chi connectivity index (χ2n) is 3.93. The Bertz CT molecular complexity index is 311. The Balaban J connectivity index is 3.15. The predicted octanol–water partition coefficient (Wildman–Crippen LogP) is 2.95. The van der Waals surface area contributed by atoms with E-state index in [-0.39, 0.29) is 0 Å². The van der Waals surface area contributed by atoms with Crippen molar-refractivity contribution >= 4 is 5.69 Å². The first kappa shape index (κ1) is 12.1. The molecule has 0 unspecified atom stereocenters. The van der Waals surface area contributed by atoms with Crippen molar-refractivity contribution in [3.8, 4) is 0 Å². The van der Waals surface area contributed by atoms with Crippen LogP contribution < -0.4 is 5.73 Å². The van der Waals surface area contributed by atoms with Gasteiger partial charge in [-0.05, 0) is 25.7 Å². The molecule has 0 amide bonds. The van der Waals surface area contributed by atoms with E-state index in [2.05, 4.69) is 37.5 Å². The minimum absolute atomic E-state index is 0.502. The molecule has 0 aromatic carbocycles. The molecule has 0 aliphatic carbocycles. The highest BCUT2D eigenvalue weighted by Crippen LogP contribution is 2.25. The van der Waals surface area contributed by atoms with Crippen LogP contribution in [0.2, 0.25) is 0 Å². The molecule has 0 radical (unpaired) electrons. The zero-order chi connectivity index (χ0) is 11.4. The van der Waals surface area contributed by atoms with Gasteiger partial charge in [0.2, 0.25) is 0 Å². The summed E-state index contributed by atoms with van der Waals surface area (Å²) < 4.78 is 2.15. The predicted molar refractivity (Wildman–Crippen MR) is 65.0 cm³/mol. The molecule has 1 aromatic rings. The van der Waals surface area contributed by atoms with E-state index >= 15 is 0 Å². The van der Waals surface area contributed by atoms with Crippen LogP contribution in [0.15, 0.2) is 0 Å². The van der Waals surface area contributed by atoms with E-state index in [0.29, 0.717) is 6.04 Å². The Morgan fingerprint density at radius 1 is 1.13 bits per heavy atom. The number of hydrogen-bond acceptors (Lipinski definition) is 2. The molecular weight excluding hydrogens is 186 g/mol. The molecule has 0 spiro atoms. The maximum absolute atomic E-state index is 6.09. The minimum atomic E-state index is 0.502. The normalized spacial score (nSPS) is 11.3. The van der Waals surface area contributed by atoms with Crippen molar-refractivity contribution in [3.63, 3.8) is 0 Å². The monoisotopic (exact) mass is 209 g/mol. The van der Waals surface area contributed by atoms with Crippen molar-refractivity contribution in [2.24, 2.45) is 0 Å². The second-order valence-corrected chi connectivity index (χ2v) is 3.93. The first-order valence-electron chi connectivity index (χ1n) is 6.05. The van der Waals surface area contributed by atoms with Gasteiger partial charge in [0, 0.05) is 0 Å². The van der Waals surface area contributed by atoms with Crippen molar-refractivity contribution < 1.29 is 0 Å². The van der Waals surface area contributed by atoms with Gasteiger partial charge in [0.15, 0.2) is 0 Å². The summed E-state index contributed by atoms with van der Waals surface area (Å²) in [4.78, 5) is 0. The van der Waals surface area contributed by atoms with Crippen molar-refractivity contribution in [2.75, 3.05) is 5.73 Å². The fraction of sp³-hybridized carbons (Fsp3) is 0.750. The number of rotatable bonds is 5. The number of aryl methyl sites for hydroxylation is 1. The lowest BCUT2D eigenvalue weighted by molar-refractivity contribution is 0.413. The van der Waals surface area contributed by atoms with Crippen LogP contribution >= 0.6 is 0 Å². The number of nitrogens with two attached hydrogens (primary N) is 1. The molecule has 0 aliphatic rings. The van der Waals surface area contributed by atoms with Gasteiger partial charge < -0.3 is 5.73 Å². The first-order chi connectivity index (χ1) is 7.19. The number of nitrogens with zero attached hydrogens (tertiary/aromatic N) is 2. The maximum Gasteiger partial charge on any atom is 0.0854 e. The topological polar surface area (TPSA) is 43.8 Å². The molecule has 1 aromatic heterocycles. The summed E-state index contributed by atoms with van der Waals surface area (Å²) in [6.45, 7) is 8.66. The Labute approximate surface area is 92.7 Å². The molecule has 1 rings (SSSR count). The second kappa shape index (κ2) is 5.19. The van der Waals surface area contributed by atoms with E-state index < -0.39 is 0 Å². The van der Waals surface area contributed by atoms with Gasteiger partial charge in [-0.3, -0.25) is 4.68 Å². The molecule has 0 saturated carbocycles. The van der Waals surface area contributed by atoms with Gasteiger partial charge in [0.05, 0.1) is 23.1 Å². The Morgan fingerprint density at radius 3 is 2.13 bits per heavy atom.